The van der Waals surface area contributed by atoms with Gasteiger partial charge in [-0.3, -0.25) is 4.90 Å². The third kappa shape index (κ3) is 2.74. The van der Waals surface area contributed by atoms with Crippen LogP contribution in [0.1, 0.15) is 11.6 Å². The summed E-state index contributed by atoms with van der Waals surface area (Å²) in [6.45, 7) is 4.24. The van der Waals surface area contributed by atoms with E-state index < -0.39 is 0 Å². The van der Waals surface area contributed by atoms with Crippen LogP contribution in [-0.4, -0.2) is 42.8 Å². The number of piperazine rings is 1. The zero-order valence-corrected chi connectivity index (χ0v) is 11.4. The number of aliphatic hydroxyl groups excluding tert-OH is 1. The fourth-order valence-electron chi connectivity index (χ4n) is 2.15. The summed E-state index contributed by atoms with van der Waals surface area (Å²) in [6, 6.07) is 8.45. The van der Waals surface area contributed by atoms with Gasteiger partial charge in [0, 0.05) is 29.7 Å². The van der Waals surface area contributed by atoms with Gasteiger partial charge in [0.1, 0.15) is 0 Å². The quantitative estimate of drug-likeness (QED) is 0.818. The molecule has 1 aliphatic rings. The van der Waals surface area contributed by atoms with Crippen LogP contribution in [-0.2, 0) is 0 Å². The van der Waals surface area contributed by atoms with Gasteiger partial charge in [-0.2, -0.15) is 0 Å². The van der Waals surface area contributed by atoms with E-state index in [4.69, 9.17) is 0 Å². The molecule has 0 radical (unpaired) electrons. The summed E-state index contributed by atoms with van der Waals surface area (Å²) in [4.78, 5) is 2.36. The predicted molar refractivity (Wildman–Crippen MR) is 73.4 cm³/mol. The third-order valence-corrected chi connectivity index (χ3v) is 4.01. The highest BCUT2D eigenvalue weighted by molar-refractivity contribution is 14.1. The van der Waals surface area contributed by atoms with Crippen molar-refractivity contribution in [2.24, 2.45) is 0 Å². The van der Waals surface area contributed by atoms with Gasteiger partial charge in [0.25, 0.3) is 0 Å². The van der Waals surface area contributed by atoms with Crippen molar-refractivity contribution < 1.29 is 5.11 Å². The van der Waals surface area contributed by atoms with E-state index in [1.165, 1.54) is 9.13 Å². The van der Waals surface area contributed by atoms with E-state index in [0.29, 0.717) is 0 Å². The van der Waals surface area contributed by atoms with Crippen LogP contribution in [0.3, 0.4) is 0 Å². The highest BCUT2D eigenvalue weighted by Gasteiger charge is 2.22. The summed E-state index contributed by atoms with van der Waals surface area (Å²) >= 11 is 2.34. The van der Waals surface area contributed by atoms with Crippen molar-refractivity contribution in [3.05, 3.63) is 33.4 Å². The molecule has 0 saturated carbocycles. The standard InChI is InChI=1S/C12H17IN2O/c13-11-4-2-1-3-10(11)12(9-16)15-7-5-14-6-8-15/h1-4,12,14,16H,5-9H2/t12-/m0/s1. The monoisotopic (exact) mass is 332 g/mol. The molecule has 4 heteroatoms. The number of hydrogen-bond acceptors (Lipinski definition) is 3. The predicted octanol–water partition coefficient (Wildman–Crippen LogP) is 1.23. The lowest BCUT2D eigenvalue weighted by Gasteiger charge is -2.34. The van der Waals surface area contributed by atoms with Crippen molar-refractivity contribution >= 4 is 22.6 Å². The van der Waals surface area contributed by atoms with Crippen molar-refractivity contribution in [3.63, 3.8) is 0 Å². The lowest BCUT2D eigenvalue weighted by atomic mass is 10.1. The summed E-state index contributed by atoms with van der Waals surface area (Å²) in [6.07, 6.45) is 0. The van der Waals surface area contributed by atoms with Crippen molar-refractivity contribution in [1.29, 1.82) is 0 Å². The number of aliphatic hydroxyl groups is 1. The van der Waals surface area contributed by atoms with E-state index in [0.717, 1.165) is 26.2 Å². The van der Waals surface area contributed by atoms with Crippen LogP contribution in [0.2, 0.25) is 0 Å². The van der Waals surface area contributed by atoms with Gasteiger partial charge in [-0.15, -0.1) is 0 Å². The van der Waals surface area contributed by atoms with E-state index in [-0.39, 0.29) is 12.6 Å². The topological polar surface area (TPSA) is 35.5 Å². The molecule has 2 N–H and O–H groups in total. The summed E-state index contributed by atoms with van der Waals surface area (Å²) < 4.78 is 1.23. The second-order valence-electron chi connectivity index (χ2n) is 4.01. The van der Waals surface area contributed by atoms with Gasteiger partial charge in [0.15, 0.2) is 0 Å². The van der Waals surface area contributed by atoms with Crippen LogP contribution >= 0.6 is 22.6 Å². The van der Waals surface area contributed by atoms with E-state index in [1.807, 2.05) is 12.1 Å². The Balaban J connectivity index is 2.18. The SMILES string of the molecule is OC[C@@H](c1ccccc1I)N1CCNCC1. The summed E-state index contributed by atoms with van der Waals surface area (Å²) in [5, 5.41) is 12.9. The molecular formula is C12H17IN2O. The van der Waals surface area contributed by atoms with Gasteiger partial charge in [-0.05, 0) is 34.2 Å². The fourth-order valence-corrected chi connectivity index (χ4v) is 2.90. The first-order valence-electron chi connectivity index (χ1n) is 5.63. The minimum absolute atomic E-state index is 0.148. The Kier molecular flexibility index (Phi) is 4.57. The molecule has 1 heterocycles. The summed E-state index contributed by atoms with van der Waals surface area (Å²) in [5.41, 5.74) is 1.24. The molecule has 88 valence electrons. The highest BCUT2D eigenvalue weighted by atomic mass is 127. The Morgan fingerprint density at radius 2 is 2.00 bits per heavy atom. The molecule has 0 aliphatic carbocycles. The van der Waals surface area contributed by atoms with E-state index in [2.05, 4.69) is 44.9 Å². The zero-order valence-electron chi connectivity index (χ0n) is 9.19. The Bertz CT molecular complexity index is 340. The molecule has 0 unspecified atom stereocenters. The number of benzene rings is 1. The second-order valence-corrected chi connectivity index (χ2v) is 5.17. The average Bonchev–Trinajstić information content (AvgIpc) is 2.34. The second kappa shape index (κ2) is 5.95. The Morgan fingerprint density at radius 1 is 1.31 bits per heavy atom. The van der Waals surface area contributed by atoms with Crippen LogP contribution in [0.4, 0.5) is 0 Å². The lowest BCUT2D eigenvalue weighted by Crippen LogP contribution is -2.46. The first-order valence-corrected chi connectivity index (χ1v) is 6.71. The minimum Gasteiger partial charge on any atom is -0.394 e. The molecule has 0 aromatic heterocycles. The van der Waals surface area contributed by atoms with Gasteiger partial charge in [0.2, 0.25) is 0 Å². The van der Waals surface area contributed by atoms with Crippen molar-refractivity contribution in [2.45, 2.75) is 6.04 Å². The number of nitrogens with zero attached hydrogens (tertiary/aromatic N) is 1. The van der Waals surface area contributed by atoms with E-state index in [9.17, 15) is 5.11 Å². The van der Waals surface area contributed by atoms with Crippen LogP contribution in [0.25, 0.3) is 0 Å². The van der Waals surface area contributed by atoms with Gasteiger partial charge in [-0.25, -0.2) is 0 Å². The molecule has 3 nitrogen and oxygen atoms in total. The molecular weight excluding hydrogens is 315 g/mol. The van der Waals surface area contributed by atoms with E-state index in [1.54, 1.807) is 0 Å². The van der Waals surface area contributed by atoms with Gasteiger partial charge >= 0.3 is 0 Å². The Labute approximate surface area is 110 Å². The highest BCUT2D eigenvalue weighted by Crippen LogP contribution is 2.25. The normalized spacial score (nSPS) is 19.6. The first kappa shape index (κ1) is 12.3. The maximum absolute atomic E-state index is 9.59. The molecule has 1 aliphatic heterocycles. The summed E-state index contributed by atoms with van der Waals surface area (Å²) in [7, 11) is 0. The van der Waals surface area contributed by atoms with Crippen molar-refractivity contribution in [3.8, 4) is 0 Å². The van der Waals surface area contributed by atoms with Gasteiger partial charge in [-0.1, -0.05) is 18.2 Å². The molecule has 1 fully saturated rings. The number of halogens is 1. The maximum atomic E-state index is 9.59. The number of rotatable bonds is 3. The smallest absolute Gasteiger partial charge is 0.0629 e. The molecule has 1 atom stereocenters. The molecule has 1 aromatic carbocycles. The lowest BCUT2D eigenvalue weighted by molar-refractivity contribution is 0.110. The largest absolute Gasteiger partial charge is 0.394 e. The summed E-state index contributed by atoms with van der Waals surface area (Å²) in [5.74, 6) is 0. The molecule has 1 saturated heterocycles. The van der Waals surface area contributed by atoms with Crippen LogP contribution in [0, 0.1) is 3.57 Å². The van der Waals surface area contributed by atoms with Gasteiger partial charge in [0.05, 0.1) is 12.6 Å². The molecule has 0 bridgehead atoms. The van der Waals surface area contributed by atoms with Crippen LogP contribution in [0.5, 0.6) is 0 Å². The Morgan fingerprint density at radius 3 is 2.62 bits per heavy atom. The molecule has 0 spiro atoms. The van der Waals surface area contributed by atoms with Gasteiger partial charge < -0.3 is 10.4 Å². The zero-order chi connectivity index (χ0) is 11.4. The van der Waals surface area contributed by atoms with Crippen molar-refractivity contribution in [2.75, 3.05) is 32.8 Å². The first-order chi connectivity index (χ1) is 7.83. The number of hydrogen-bond donors (Lipinski definition) is 2. The maximum Gasteiger partial charge on any atom is 0.0629 e. The molecule has 2 rings (SSSR count). The van der Waals surface area contributed by atoms with Crippen molar-refractivity contribution in [1.82, 2.24) is 10.2 Å². The average molecular weight is 332 g/mol. The fraction of sp³-hybridized carbons (Fsp3) is 0.500. The van der Waals surface area contributed by atoms with E-state index >= 15 is 0 Å². The van der Waals surface area contributed by atoms with Crippen LogP contribution < -0.4 is 5.32 Å². The molecule has 0 amide bonds. The molecule has 1 aromatic rings. The molecule has 16 heavy (non-hydrogen) atoms. The van der Waals surface area contributed by atoms with Crippen LogP contribution in [0.15, 0.2) is 24.3 Å². The minimum atomic E-state index is 0.148. The Hall–Kier alpha value is -0.170. The number of nitrogens with one attached hydrogen (secondary N) is 1. The third-order valence-electron chi connectivity index (χ3n) is 3.03.